The number of H-pyrrole nitrogens is 1. The predicted octanol–water partition coefficient (Wildman–Crippen LogP) is -0.514. The number of aryl methyl sites for hydroxylation is 2. The number of aromatic amines is 1. The van der Waals surface area contributed by atoms with Crippen molar-refractivity contribution >= 4 is 10.9 Å². The van der Waals surface area contributed by atoms with Gasteiger partial charge in [0.15, 0.2) is 0 Å². The maximum atomic E-state index is 12.3. The molecule has 2 aliphatic rings. The molecule has 144 valence electrons. The average Bonchev–Trinajstić information content (AvgIpc) is 2.62. The molecule has 3 rings (SSSR count). The molecule has 2 aliphatic heterocycles. The molecule has 0 bridgehead atoms. The minimum absolute atomic E-state index is 0.183. The summed E-state index contributed by atoms with van der Waals surface area (Å²) in [5.74, 6) is 0. The van der Waals surface area contributed by atoms with Crippen LogP contribution in [0.25, 0.3) is 22.2 Å². The molecule has 0 amide bonds. The molecule has 27 heavy (non-hydrogen) atoms. The minimum Gasteiger partial charge on any atom is -0.394 e. The molecular weight excluding hydrogens is 352 g/mol. The first kappa shape index (κ1) is 19.2. The second-order valence-electron chi connectivity index (χ2n) is 6.82. The van der Waals surface area contributed by atoms with E-state index in [1.807, 2.05) is 26.0 Å². The van der Waals surface area contributed by atoms with Gasteiger partial charge in [-0.2, -0.15) is 0 Å². The molecule has 5 N–H and O–H groups in total. The molecule has 0 unspecified atom stereocenters. The number of aliphatic hydroxyl groups excluding tert-OH is 4. The van der Waals surface area contributed by atoms with Crippen LogP contribution in [-0.2, 0) is 6.54 Å². The van der Waals surface area contributed by atoms with Gasteiger partial charge in [-0.3, -0.25) is 14.6 Å². The van der Waals surface area contributed by atoms with E-state index in [9.17, 15) is 24.9 Å². The van der Waals surface area contributed by atoms with Crippen molar-refractivity contribution in [3.63, 3.8) is 0 Å². The number of benzene rings is 1. The van der Waals surface area contributed by atoms with Crippen LogP contribution < -0.4 is 11.1 Å². The number of nitrogens with one attached hydrogen (secondary N) is 1. The van der Waals surface area contributed by atoms with Crippen LogP contribution in [0, 0.1) is 13.8 Å². The number of hydrogen-bond acceptors (Lipinski definition) is 6. The summed E-state index contributed by atoms with van der Waals surface area (Å²) in [6, 6.07) is 6.71. The van der Waals surface area contributed by atoms with Crippen molar-refractivity contribution < 1.29 is 20.4 Å². The fraction of sp³-hybridized carbons (Fsp3) is 0.368. The number of nitrogens with zero attached hydrogens (tertiary/aromatic N) is 1. The Kier molecular flexibility index (Phi) is 5.16. The third kappa shape index (κ3) is 3.52. The van der Waals surface area contributed by atoms with Gasteiger partial charge >= 0.3 is 0 Å². The van der Waals surface area contributed by atoms with E-state index >= 15 is 0 Å². The summed E-state index contributed by atoms with van der Waals surface area (Å²) in [4.78, 5) is 26.3. The lowest BCUT2D eigenvalue weighted by molar-refractivity contribution is -0.0802. The highest BCUT2D eigenvalue weighted by Crippen LogP contribution is 2.28. The van der Waals surface area contributed by atoms with E-state index in [0.29, 0.717) is 11.2 Å². The third-order valence-corrected chi connectivity index (χ3v) is 4.89. The van der Waals surface area contributed by atoms with Gasteiger partial charge in [-0.1, -0.05) is 0 Å². The van der Waals surface area contributed by atoms with Gasteiger partial charge in [0.05, 0.1) is 24.4 Å². The topological polar surface area (TPSA) is 136 Å². The first-order chi connectivity index (χ1) is 12.7. The number of pyridine rings is 2. The summed E-state index contributed by atoms with van der Waals surface area (Å²) < 4.78 is 1.58. The monoisotopic (exact) mass is 374 g/mol. The molecule has 0 radical (unpaired) electrons. The van der Waals surface area contributed by atoms with Crippen LogP contribution in [-0.4, -0.2) is 54.9 Å². The van der Waals surface area contributed by atoms with Crippen molar-refractivity contribution in [2.75, 3.05) is 6.61 Å². The summed E-state index contributed by atoms with van der Waals surface area (Å²) in [5.41, 5.74) is 2.13. The van der Waals surface area contributed by atoms with Crippen molar-refractivity contribution in [1.29, 1.82) is 0 Å². The van der Waals surface area contributed by atoms with Gasteiger partial charge in [0, 0.05) is 11.6 Å². The standard InChI is InChI=1S/C19H22N2O6/c1-9-3-11-5-12-14(6-17(25)20-19(12)27)21(13(11)4-10(9)2)7-15(23)18(26)16(24)8-22/h3-6,15-16,18,22-24,26H,7-8H2,1-2H3,(H,20,25,27)/t15-,16+,18+/m0/s1. The van der Waals surface area contributed by atoms with Gasteiger partial charge in [0.1, 0.15) is 18.3 Å². The van der Waals surface area contributed by atoms with E-state index in [1.165, 1.54) is 6.07 Å². The summed E-state index contributed by atoms with van der Waals surface area (Å²) >= 11 is 0. The SMILES string of the molecule is Cc1cc2cc3c(=O)[nH]c(=O)cc-3n(C[C@H](O)[C@@H](O)[C@H](O)CO)c2cc1C. The van der Waals surface area contributed by atoms with E-state index in [2.05, 4.69) is 4.98 Å². The van der Waals surface area contributed by atoms with Crippen LogP contribution in [0.1, 0.15) is 11.1 Å². The third-order valence-electron chi connectivity index (χ3n) is 4.89. The molecule has 0 saturated heterocycles. The highest BCUT2D eigenvalue weighted by atomic mass is 16.4. The smallest absolute Gasteiger partial charge is 0.260 e. The Balaban J connectivity index is 2.28. The molecule has 1 aromatic carbocycles. The molecule has 3 atom stereocenters. The molecule has 2 heterocycles. The van der Waals surface area contributed by atoms with Crippen molar-refractivity contribution in [2.24, 2.45) is 0 Å². The molecule has 0 saturated carbocycles. The number of rotatable bonds is 5. The number of aliphatic hydroxyl groups is 4. The van der Waals surface area contributed by atoms with Crippen LogP contribution in [0.15, 0.2) is 33.9 Å². The first-order valence-electron chi connectivity index (χ1n) is 8.56. The van der Waals surface area contributed by atoms with Gasteiger partial charge in [-0.25, -0.2) is 0 Å². The number of hydrogen-bond donors (Lipinski definition) is 5. The fourth-order valence-corrected chi connectivity index (χ4v) is 3.21. The first-order valence-corrected chi connectivity index (χ1v) is 8.56. The summed E-state index contributed by atoms with van der Waals surface area (Å²) in [5, 5.41) is 39.7. The molecule has 8 heteroatoms. The molecular formula is C19H22N2O6. The Morgan fingerprint density at radius 1 is 1.00 bits per heavy atom. The normalized spacial score (nSPS) is 15.2. The average molecular weight is 374 g/mol. The van der Waals surface area contributed by atoms with Gasteiger partial charge in [0.2, 0.25) is 0 Å². The maximum Gasteiger partial charge on any atom is 0.260 e. The van der Waals surface area contributed by atoms with E-state index in [-0.39, 0.29) is 12.1 Å². The second kappa shape index (κ2) is 7.24. The lowest BCUT2D eigenvalue weighted by atomic mass is 10.0. The number of aromatic nitrogens is 2. The van der Waals surface area contributed by atoms with E-state index < -0.39 is 36.0 Å². The van der Waals surface area contributed by atoms with Crippen LogP contribution in [0.5, 0.6) is 0 Å². The molecule has 0 aliphatic carbocycles. The van der Waals surface area contributed by atoms with Crippen molar-refractivity contribution in [2.45, 2.75) is 38.7 Å². The Bertz CT molecular complexity index is 1070. The molecule has 8 nitrogen and oxygen atoms in total. The molecule has 0 fully saturated rings. The Hall–Kier alpha value is -2.52. The van der Waals surface area contributed by atoms with Crippen molar-refractivity contribution in [1.82, 2.24) is 9.55 Å². The summed E-state index contributed by atoms with van der Waals surface area (Å²) in [7, 11) is 0. The molecule has 0 aromatic heterocycles. The Morgan fingerprint density at radius 2 is 1.67 bits per heavy atom. The lowest BCUT2D eigenvalue weighted by Gasteiger charge is -2.26. The second-order valence-corrected chi connectivity index (χ2v) is 6.82. The van der Waals surface area contributed by atoms with Crippen LogP contribution in [0.2, 0.25) is 0 Å². The van der Waals surface area contributed by atoms with Crippen molar-refractivity contribution in [3.8, 4) is 11.3 Å². The minimum atomic E-state index is -1.59. The largest absolute Gasteiger partial charge is 0.394 e. The van der Waals surface area contributed by atoms with Crippen LogP contribution in [0.4, 0.5) is 0 Å². The van der Waals surface area contributed by atoms with Gasteiger partial charge < -0.3 is 25.0 Å². The predicted molar refractivity (Wildman–Crippen MR) is 100 cm³/mol. The quantitative estimate of drug-likeness (QED) is 0.382. The van der Waals surface area contributed by atoms with Gasteiger partial charge in [-0.05, 0) is 48.6 Å². The van der Waals surface area contributed by atoms with E-state index in [0.717, 1.165) is 16.5 Å². The van der Waals surface area contributed by atoms with Gasteiger partial charge in [-0.15, -0.1) is 0 Å². The van der Waals surface area contributed by atoms with E-state index in [4.69, 9.17) is 5.11 Å². The van der Waals surface area contributed by atoms with Crippen molar-refractivity contribution in [3.05, 3.63) is 56.1 Å². The van der Waals surface area contributed by atoms with Gasteiger partial charge in [0.25, 0.3) is 11.1 Å². The highest BCUT2D eigenvalue weighted by Gasteiger charge is 2.26. The molecule has 1 aromatic rings. The Morgan fingerprint density at radius 3 is 2.33 bits per heavy atom. The maximum absolute atomic E-state index is 12.3. The van der Waals surface area contributed by atoms with Crippen LogP contribution >= 0.6 is 0 Å². The zero-order valence-corrected chi connectivity index (χ0v) is 15.0. The zero-order valence-electron chi connectivity index (χ0n) is 15.0. The van der Waals surface area contributed by atoms with E-state index in [1.54, 1.807) is 10.6 Å². The summed E-state index contributed by atoms with van der Waals surface area (Å²) in [6.45, 7) is 2.96. The zero-order chi connectivity index (χ0) is 19.9. The fourth-order valence-electron chi connectivity index (χ4n) is 3.21. The Labute approximate surface area is 154 Å². The summed E-state index contributed by atoms with van der Waals surface area (Å²) in [6.07, 6.45) is -4.53. The lowest BCUT2D eigenvalue weighted by Crippen LogP contribution is -2.42. The number of fused-ring (bicyclic) bond motifs is 2. The molecule has 0 spiro atoms. The van der Waals surface area contributed by atoms with Crippen LogP contribution in [0.3, 0.4) is 0 Å². The highest BCUT2D eigenvalue weighted by molar-refractivity contribution is 5.87.